The van der Waals surface area contributed by atoms with E-state index in [4.69, 9.17) is 0 Å². The number of thiophene rings is 1. The molecule has 0 aliphatic rings. The van der Waals surface area contributed by atoms with Crippen LogP contribution in [0, 0.1) is 0 Å². The predicted octanol–water partition coefficient (Wildman–Crippen LogP) is 18.8. The van der Waals surface area contributed by atoms with E-state index in [0.717, 1.165) is 17.1 Å². The highest BCUT2D eigenvalue weighted by Gasteiger charge is 2.20. The summed E-state index contributed by atoms with van der Waals surface area (Å²) >= 11 is 1.88. The first-order valence-electron chi connectivity index (χ1n) is 22.7. The van der Waals surface area contributed by atoms with Crippen LogP contribution in [0.4, 0.5) is 17.1 Å². The molecule has 0 aliphatic heterocycles. The molecular weight excluding hydrogens is 815 g/mol. The number of benzene rings is 12. The first-order valence-corrected chi connectivity index (χ1v) is 23.5. The van der Waals surface area contributed by atoms with E-state index in [0.29, 0.717) is 0 Å². The Labute approximate surface area is 387 Å². The molecule has 13 aromatic rings. The van der Waals surface area contributed by atoms with Gasteiger partial charge in [-0.3, -0.25) is 0 Å². The largest absolute Gasteiger partial charge is 0.310 e. The second-order valence-electron chi connectivity index (χ2n) is 17.2. The summed E-state index contributed by atoms with van der Waals surface area (Å²) in [6.45, 7) is 0. The summed E-state index contributed by atoms with van der Waals surface area (Å²) in [6, 6.07) is 91.5. The van der Waals surface area contributed by atoms with Crippen LogP contribution in [0.15, 0.2) is 249 Å². The third-order valence-corrected chi connectivity index (χ3v) is 14.7. The molecule has 0 N–H and O–H groups in total. The molecule has 0 fully saturated rings. The van der Waals surface area contributed by atoms with Gasteiger partial charge in [0, 0.05) is 37.2 Å². The maximum absolute atomic E-state index is 2.41. The number of nitrogens with zero attached hydrogens (tertiary/aromatic N) is 1. The van der Waals surface area contributed by atoms with E-state index in [2.05, 4.69) is 254 Å². The standard InChI is InChI=1S/C64H41NS/c1-3-15-45(16-4-1)62-58-22-10-9-20-55(58)56-38-32-47(41-60(56)63(62)46-17-5-2-6-18-46)42-28-33-49(34-29-42)65(51-37-39-53-48(40-51)27-26-43-14-7-8-19-52(43)53)50-35-30-44(31-36-50)54-23-13-24-59-57-21-11-12-25-61(57)66-64(54)59/h1-41H. The lowest BCUT2D eigenvalue weighted by Gasteiger charge is -2.26. The third-order valence-electron chi connectivity index (χ3n) is 13.4. The lowest BCUT2D eigenvalue weighted by molar-refractivity contribution is 1.29. The Morgan fingerprint density at radius 3 is 1.52 bits per heavy atom. The molecule has 2 heteroatoms. The van der Waals surface area contributed by atoms with E-state index in [1.54, 1.807) is 0 Å². The Hall–Kier alpha value is -8.30. The monoisotopic (exact) mass is 855 g/mol. The van der Waals surface area contributed by atoms with Gasteiger partial charge in [-0.15, -0.1) is 11.3 Å². The van der Waals surface area contributed by atoms with Crippen molar-refractivity contribution >= 4 is 91.7 Å². The SMILES string of the molecule is c1ccc(-c2c(-c3ccccc3)c3cc(-c4ccc(N(c5ccc(-c6cccc7c6sc6ccccc67)cc5)c5ccc6c(ccc7ccccc76)c5)cc4)ccc3c3ccccc23)cc1. The van der Waals surface area contributed by atoms with Crippen LogP contribution in [0.1, 0.15) is 0 Å². The maximum atomic E-state index is 2.41. The van der Waals surface area contributed by atoms with Crippen molar-refractivity contribution < 1.29 is 0 Å². The van der Waals surface area contributed by atoms with Gasteiger partial charge in [0.1, 0.15) is 0 Å². The summed E-state index contributed by atoms with van der Waals surface area (Å²) in [5.41, 5.74) is 13.1. The Kier molecular flexibility index (Phi) is 9.11. The van der Waals surface area contributed by atoms with Gasteiger partial charge in [-0.05, 0) is 136 Å². The van der Waals surface area contributed by atoms with Gasteiger partial charge in [0.2, 0.25) is 0 Å². The van der Waals surface area contributed by atoms with E-state index < -0.39 is 0 Å². The van der Waals surface area contributed by atoms with Crippen molar-refractivity contribution in [2.75, 3.05) is 4.90 Å². The predicted molar refractivity (Wildman–Crippen MR) is 286 cm³/mol. The van der Waals surface area contributed by atoms with Crippen molar-refractivity contribution in [1.82, 2.24) is 0 Å². The average molecular weight is 856 g/mol. The molecule has 1 aromatic heterocycles. The topological polar surface area (TPSA) is 3.24 Å². The molecule has 1 heterocycles. The average Bonchev–Trinajstić information content (AvgIpc) is 3.78. The van der Waals surface area contributed by atoms with Crippen LogP contribution in [0.2, 0.25) is 0 Å². The van der Waals surface area contributed by atoms with E-state index in [1.165, 1.54) is 108 Å². The van der Waals surface area contributed by atoms with Crippen LogP contribution < -0.4 is 4.90 Å². The van der Waals surface area contributed by atoms with Crippen LogP contribution in [-0.2, 0) is 0 Å². The van der Waals surface area contributed by atoms with E-state index in [1.807, 2.05) is 11.3 Å². The molecule has 0 spiro atoms. The minimum Gasteiger partial charge on any atom is -0.310 e. The zero-order valence-corrected chi connectivity index (χ0v) is 36.8. The molecule has 0 aliphatic carbocycles. The number of fused-ring (bicyclic) bond motifs is 9. The fourth-order valence-electron chi connectivity index (χ4n) is 10.3. The Balaban J connectivity index is 0.946. The molecule has 0 saturated heterocycles. The highest BCUT2D eigenvalue weighted by atomic mass is 32.1. The molecule has 0 atom stereocenters. The second-order valence-corrected chi connectivity index (χ2v) is 18.2. The number of hydrogen-bond donors (Lipinski definition) is 0. The fourth-order valence-corrected chi connectivity index (χ4v) is 11.6. The summed E-state index contributed by atoms with van der Waals surface area (Å²) in [5.74, 6) is 0. The van der Waals surface area contributed by atoms with Crippen LogP contribution in [0.3, 0.4) is 0 Å². The minimum atomic E-state index is 1.10. The Morgan fingerprint density at radius 2 is 0.773 bits per heavy atom. The second kappa shape index (κ2) is 15.7. The summed E-state index contributed by atoms with van der Waals surface area (Å²) in [4.78, 5) is 2.40. The Bertz CT molecular complexity index is 3960. The van der Waals surface area contributed by atoms with Crippen molar-refractivity contribution in [2.45, 2.75) is 0 Å². The summed E-state index contributed by atoms with van der Waals surface area (Å²) in [5, 5.41) is 12.7. The molecular formula is C64H41NS. The van der Waals surface area contributed by atoms with Crippen molar-refractivity contribution in [3.05, 3.63) is 249 Å². The van der Waals surface area contributed by atoms with Gasteiger partial charge in [0.15, 0.2) is 0 Å². The van der Waals surface area contributed by atoms with Gasteiger partial charge in [-0.1, -0.05) is 200 Å². The molecule has 0 radical (unpaired) electrons. The van der Waals surface area contributed by atoms with Gasteiger partial charge in [0.05, 0.1) is 0 Å². The summed E-state index contributed by atoms with van der Waals surface area (Å²) in [7, 11) is 0. The molecule has 0 amide bonds. The van der Waals surface area contributed by atoms with E-state index in [9.17, 15) is 0 Å². The maximum Gasteiger partial charge on any atom is 0.0468 e. The van der Waals surface area contributed by atoms with E-state index >= 15 is 0 Å². The van der Waals surface area contributed by atoms with Crippen LogP contribution >= 0.6 is 11.3 Å². The van der Waals surface area contributed by atoms with Crippen molar-refractivity contribution in [2.24, 2.45) is 0 Å². The number of hydrogen-bond acceptors (Lipinski definition) is 2. The summed E-state index contributed by atoms with van der Waals surface area (Å²) < 4.78 is 2.65. The number of anilines is 3. The first-order chi connectivity index (χ1) is 32.7. The number of rotatable bonds is 7. The molecule has 13 rings (SSSR count). The van der Waals surface area contributed by atoms with E-state index in [-0.39, 0.29) is 0 Å². The molecule has 0 unspecified atom stereocenters. The Morgan fingerprint density at radius 1 is 0.258 bits per heavy atom. The van der Waals surface area contributed by atoms with Crippen molar-refractivity contribution in [1.29, 1.82) is 0 Å². The third kappa shape index (κ3) is 6.37. The van der Waals surface area contributed by atoms with Gasteiger partial charge >= 0.3 is 0 Å². The fraction of sp³-hybridized carbons (Fsp3) is 0. The smallest absolute Gasteiger partial charge is 0.0468 e. The lowest BCUT2D eigenvalue weighted by atomic mass is 9.84. The molecule has 0 bridgehead atoms. The van der Waals surface area contributed by atoms with Gasteiger partial charge < -0.3 is 4.90 Å². The van der Waals surface area contributed by atoms with Gasteiger partial charge in [-0.2, -0.15) is 0 Å². The molecule has 0 saturated carbocycles. The zero-order valence-electron chi connectivity index (χ0n) is 36.0. The molecule has 308 valence electrons. The summed E-state index contributed by atoms with van der Waals surface area (Å²) in [6.07, 6.45) is 0. The first kappa shape index (κ1) is 38.2. The minimum absolute atomic E-state index is 1.10. The highest BCUT2D eigenvalue weighted by molar-refractivity contribution is 7.26. The highest BCUT2D eigenvalue weighted by Crippen LogP contribution is 2.47. The van der Waals surface area contributed by atoms with Gasteiger partial charge in [0.25, 0.3) is 0 Å². The van der Waals surface area contributed by atoms with Crippen molar-refractivity contribution in [3.63, 3.8) is 0 Å². The van der Waals surface area contributed by atoms with Crippen LogP contribution in [-0.4, -0.2) is 0 Å². The lowest BCUT2D eigenvalue weighted by Crippen LogP contribution is -2.09. The van der Waals surface area contributed by atoms with Crippen LogP contribution in [0.5, 0.6) is 0 Å². The zero-order chi connectivity index (χ0) is 43.6. The normalized spacial score (nSPS) is 11.6. The van der Waals surface area contributed by atoms with Gasteiger partial charge in [-0.25, -0.2) is 0 Å². The van der Waals surface area contributed by atoms with Crippen molar-refractivity contribution in [3.8, 4) is 44.5 Å². The molecule has 66 heavy (non-hydrogen) atoms. The van der Waals surface area contributed by atoms with Crippen LogP contribution in [0.25, 0.3) is 108 Å². The quantitative estimate of drug-likeness (QED) is 0.144. The molecule has 1 nitrogen and oxygen atoms in total. The molecule has 12 aromatic carbocycles.